The smallest absolute Gasteiger partial charge is 0.00798 e. The largest absolute Gasteiger partial charge is 0.320 e. The number of rotatable bonds is 6. The van der Waals surface area contributed by atoms with Gasteiger partial charge in [0.1, 0.15) is 0 Å². The molecular weight excluding hydrogens is 190 g/mol. The summed E-state index contributed by atoms with van der Waals surface area (Å²) < 4.78 is 0. The first-order valence-electron chi connectivity index (χ1n) is 5.50. The minimum Gasteiger partial charge on any atom is -0.320 e. The van der Waals surface area contributed by atoms with Crippen molar-refractivity contribution in [3.63, 3.8) is 0 Å². The standard InChI is InChI=1S/C12H21NS/c1-4-5-12-11(7-9-14-12)10(2)6-8-13-3/h7,9-10,13H,4-6,8H2,1-3H3. The molecular formula is C12H21NS. The predicted octanol–water partition coefficient (Wildman–Crippen LogP) is 3.41. The van der Waals surface area contributed by atoms with E-state index >= 15 is 0 Å². The van der Waals surface area contributed by atoms with Gasteiger partial charge in [0, 0.05) is 4.88 Å². The van der Waals surface area contributed by atoms with Crippen LogP contribution in [-0.2, 0) is 6.42 Å². The molecule has 1 aromatic rings. The zero-order valence-corrected chi connectivity index (χ0v) is 10.3. The molecule has 0 radical (unpaired) electrons. The van der Waals surface area contributed by atoms with Gasteiger partial charge in [-0.2, -0.15) is 0 Å². The Bertz CT molecular complexity index is 255. The molecule has 0 amide bonds. The lowest BCUT2D eigenvalue weighted by molar-refractivity contribution is 0.633. The lowest BCUT2D eigenvalue weighted by Crippen LogP contribution is -2.10. The third kappa shape index (κ3) is 3.10. The number of aryl methyl sites for hydroxylation is 1. The first kappa shape index (κ1) is 11.7. The lowest BCUT2D eigenvalue weighted by Gasteiger charge is -2.11. The molecule has 0 saturated heterocycles. The molecule has 1 heterocycles. The second kappa shape index (κ2) is 6.20. The van der Waals surface area contributed by atoms with Gasteiger partial charge in [0.2, 0.25) is 0 Å². The lowest BCUT2D eigenvalue weighted by atomic mass is 9.97. The highest BCUT2D eigenvalue weighted by atomic mass is 32.1. The van der Waals surface area contributed by atoms with Crippen molar-refractivity contribution in [2.75, 3.05) is 13.6 Å². The predicted molar refractivity (Wildman–Crippen MR) is 65.3 cm³/mol. The van der Waals surface area contributed by atoms with Crippen molar-refractivity contribution >= 4 is 11.3 Å². The van der Waals surface area contributed by atoms with Gasteiger partial charge in [-0.3, -0.25) is 0 Å². The Hall–Kier alpha value is -0.340. The van der Waals surface area contributed by atoms with Crippen molar-refractivity contribution < 1.29 is 0 Å². The van der Waals surface area contributed by atoms with E-state index in [4.69, 9.17) is 0 Å². The maximum atomic E-state index is 3.22. The zero-order chi connectivity index (χ0) is 10.4. The number of nitrogens with one attached hydrogen (secondary N) is 1. The number of thiophene rings is 1. The fraction of sp³-hybridized carbons (Fsp3) is 0.667. The topological polar surface area (TPSA) is 12.0 Å². The fourth-order valence-corrected chi connectivity index (χ4v) is 2.84. The molecule has 80 valence electrons. The molecule has 1 unspecified atom stereocenters. The van der Waals surface area contributed by atoms with Crippen LogP contribution in [-0.4, -0.2) is 13.6 Å². The normalized spacial score (nSPS) is 13.1. The molecule has 0 aliphatic carbocycles. The van der Waals surface area contributed by atoms with E-state index in [1.807, 2.05) is 18.4 Å². The van der Waals surface area contributed by atoms with Crippen LogP contribution in [0.15, 0.2) is 11.4 Å². The average Bonchev–Trinajstić information content (AvgIpc) is 2.63. The maximum absolute atomic E-state index is 3.22. The van der Waals surface area contributed by atoms with E-state index in [9.17, 15) is 0 Å². The van der Waals surface area contributed by atoms with E-state index in [-0.39, 0.29) is 0 Å². The van der Waals surface area contributed by atoms with Gasteiger partial charge in [0.15, 0.2) is 0 Å². The molecule has 0 aromatic carbocycles. The molecule has 0 fully saturated rings. The van der Waals surface area contributed by atoms with Crippen LogP contribution in [0.3, 0.4) is 0 Å². The fourth-order valence-electron chi connectivity index (χ4n) is 1.74. The molecule has 0 aliphatic heterocycles. The highest BCUT2D eigenvalue weighted by Crippen LogP contribution is 2.27. The van der Waals surface area contributed by atoms with E-state index in [2.05, 4.69) is 30.6 Å². The summed E-state index contributed by atoms with van der Waals surface area (Å²) in [5.74, 6) is 0.704. The van der Waals surface area contributed by atoms with Crippen LogP contribution in [0.25, 0.3) is 0 Å². The van der Waals surface area contributed by atoms with Gasteiger partial charge in [-0.15, -0.1) is 11.3 Å². The second-order valence-corrected chi connectivity index (χ2v) is 4.84. The van der Waals surface area contributed by atoms with Crippen LogP contribution in [0.1, 0.15) is 43.0 Å². The molecule has 1 atom stereocenters. The quantitative estimate of drug-likeness (QED) is 0.760. The first-order chi connectivity index (χ1) is 6.79. The summed E-state index contributed by atoms with van der Waals surface area (Å²) in [4.78, 5) is 1.59. The van der Waals surface area contributed by atoms with Crippen molar-refractivity contribution in [2.24, 2.45) is 0 Å². The SMILES string of the molecule is CCCc1sccc1C(C)CCNC. The zero-order valence-electron chi connectivity index (χ0n) is 9.47. The van der Waals surface area contributed by atoms with Gasteiger partial charge in [0.25, 0.3) is 0 Å². The van der Waals surface area contributed by atoms with Crippen molar-refractivity contribution in [2.45, 2.75) is 39.0 Å². The van der Waals surface area contributed by atoms with Gasteiger partial charge < -0.3 is 5.32 Å². The van der Waals surface area contributed by atoms with Crippen molar-refractivity contribution in [3.8, 4) is 0 Å². The van der Waals surface area contributed by atoms with Crippen molar-refractivity contribution in [1.29, 1.82) is 0 Å². The molecule has 0 saturated carbocycles. The van der Waals surface area contributed by atoms with Crippen LogP contribution in [0.5, 0.6) is 0 Å². The minimum atomic E-state index is 0.704. The molecule has 1 nitrogen and oxygen atoms in total. The van der Waals surface area contributed by atoms with Gasteiger partial charge >= 0.3 is 0 Å². The molecule has 0 spiro atoms. The van der Waals surface area contributed by atoms with Crippen LogP contribution in [0.2, 0.25) is 0 Å². The summed E-state index contributed by atoms with van der Waals surface area (Å²) in [7, 11) is 2.02. The third-order valence-corrected chi connectivity index (χ3v) is 3.61. The number of hydrogen-bond acceptors (Lipinski definition) is 2. The van der Waals surface area contributed by atoms with Crippen LogP contribution < -0.4 is 5.32 Å². The van der Waals surface area contributed by atoms with E-state index in [1.165, 1.54) is 19.3 Å². The second-order valence-electron chi connectivity index (χ2n) is 3.84. The Morgan fingerprint density at radius 1 is 1.50 bits per heavy atom. The Balaban J connectivity index is 2.58. The van der Waals surface area contributed by atoms with E-state index < -0.39 is 0 Å². The summed E-state index contributed by atoms with van der Waals surface area (Å²) in [6.07, 6.45) is 3.74. The van der Waals surface area contributed by atoms with E-state index in [1.54, 1.807) is 10.4 Å². The molecule has 0 bridgehead atoms. The summed E-state index contributed by atoms with van der Waals surface area (Å²) in [5, 5.41) is 5.45. The molecule has 1 aromatic heterocycles. The highest BCUT2D eigenvalue weighted by molar-refractivity contribution is 7.10. The van der Waals surface area contributed by atoms with E-state index in [0.717, 1.165) is 6.54 Å². The molecule has 1 rings (SSSR count). The monoisotopic (exact) mass is 211 g/mol. The highest BCUT2D eigenvalue weighted by Gasteiger charge is 2.10. The third-order valence-electron chi connectivity index (χ3n) is 2.62. The maximum Gasteiger partial charge on any atom is 0.00798 e. The van der Waals surface area contributed by atoms with Crippen LogP contribution >= 0.6 is 11.3 Å². The molecule has 1 N–H and O–H groups in total. The van der Waals surface area contributed by atoms with Gasteiger partial charge in [-0.05, 0) is 49.4 Å². The summed E-state index contributed by atoms with van der Waals surface area (Å²) in [6, 6.07) is 2.30. The van der Waals surface area contributed by atoms with Gasteiger partial charge in [-0.1, -0.05) is 20.3 Å². The Labute approximate surface area is 91.5 Å². The average molecular weight is 211 g/mol. The Morgan fingerprint density at radius 3 is 2.93 bits per heavy atom. The molecule has 14 heavy (non-hydrogen) atoms. The van der Waals surface area contributed by atoms with Gasteiger partial charge in [-0.25, -0.2) is 0 Å². The van der Waals surface area contributed by atoms with Gasteiger partial charge in [0.05, 0.1) is 0 Å². The Morgan fingerprint density at radius 2 is 2.29 bits per heavy atom. The summed E-state index contributed by atoms with van der Waals surface area (Å²) in [6.45, 7) is 5.70. The van der Waals surface area contributed by atoms with Crippen LogP contribution in [0, 0.1) is 0 Å². The summed E-state index contributed by atoms with van der Waals surface area (Å²) in [5.41, 5.74) is 1.58. The first-order valence-corrected chi connectivity index (χ1v) is 6.38. The summed E-state index contributed by atoms with van der Waals surface area (Å²) >= 11 is 1.92. The molecule has 2 heteroatoms. The minimum absolute atomic E-state index is 0.704. The number of hydrogen-bond donors (Lipinski definition) is 1. The van der Waals surface area contributed by atoms with E-state index in [0.29, 0.717) is 5.92 Å². The van der Waals surface area contributed by atoms with Crippen LogP contribution in [0.4, 0.5) is 0 Å². The van der Waals surface area contributed by atoms with Crippen molar-refractivity contribution in [3.05, 3.63) is 21.9 Å². The molecule has 0 aliphatic rings. The Kier molecular flexibility index (Phi) is 5.20. The van der Waals surface area contributed by atoms with Crippen molar-refractivity contribution in [1.82, 2.24) is 5.32 Å².